The molecule has 1 aliphatic rings. The lowest BCUT2D eigenvalue weighted by Crippen LogP contribution is -2.51. The van der Waals surface area contributed by atoms with Crippen molar-refractivity contribution in [2.24, 2.45) is 0 Å². The third-order valence-electron chi connectivity index (χ3n) is 4.97. The van der Waals surface area contributed by atoms with Gasteiger partial charge in [0.15, 0.2) is 0 Å². The Hall–Kier alpha value is -1.99. The summed E-state index contributed by atoms with van der Waals surface area (Å²) in [4.78, 5) is 14.8. The Morgan fingerprint density at radius 3 is 2.46 bits per heavy atom. The van der Waals surface area contributed by atoms with Crippen LogP contribution in [0.5, 0.6) is 0 Å². The van der Waals surface area contributed by atoms with Crippen LogP contribution in [0.3, 0.4) is 0 Å². The van der Waals surface area contributed by atoms with E-state index in [4.69, 9.17) is 0 Å². The summed E-state index contributed by atoms with van der Waals surface area (Å²) in [5.41, 5.74) is 1.88. The van der Waals surface area contributed by atoms with Gasteiger partial charge in [0.1, 0.15) is 5.82 Å². The van der Waals surface area contributed by atoms with E-state index in [0.717, 1.165) is 16.5 Å². The van der Waals surface area contributed by atoms with Gasteiger partial charge < -0.3 is 4.90 Å². The van der Waals surface area contributed by atoms with E-state index in [0.29, 0.717) is 24.0 Å². The number of sulfonamides is 1. The van der Waals surface area contributed by atoms with Gasteiger partial charge in [-0.3, -0.25) is 4.79 Å². The molecule has 7 heteroatoms. The van der Waals surface area contributed by atoms with Crippen LogP contribution >= 0.6 is 0 Å². The largest absolute Gasteiger partial charge is 0.336 e. The number of nitrogens with zero attached hydrogens (tertiary/aromatic N) is 2. The molecule has 5 nitrogen and oxygen atoms in total. The van der Waals surface area contributed by atoms with Crippen LogP contribution in [0.25, 0.3) is 10.8 Å². The van der Waals surface area contributed by atoms with Crippen LogP contribution in [-0.2, 0) is 10.0 Å². The van der Waals surface area contributed by atoms with Crippen molar-refractivity contribution in [1.82, 2.24) is 9.21 Å². The molecule has 0 N–H and O–H groups in total. The van der Waals surface area contributed by atoms with Gasteiger partial charge in [-0.25, -0.2) is 12.8 Å². The SMILES string of the molecule is [CH2]c1cc2ccc(F)cc2c(C(=O)N2CCN(S(=O)(=O)CC)CC2)c1C. The molecule has 139 valence electrons. The maximum atomic E-state index is 13.8. The van der Waals surface area contributed by atoms with E-state index in [1.54, 1.807) is 24.8 Å². The Morgan fingerprint density at radius 2 is 1.85 bits per heavy atom. The molecule has 0 spiro atoms. The van der Waals surface area contributed by atoms with Gasteiger partial charge in [0.05, 0.1) is 11.3 Å². The number of hydrogen-bond donors (Lipinski definition) is 0. The van der Waals surface area contributed by atoms with Crippen LogP contribution in [0, 0.1) is 19.7 Å². The molecule has 0 unspecified atom stereocenters. The Labute approximate surface area is 153 Å². The number of rotatable bonds is 3. The Bertz CT molecular complexity index is 964. The first-order valence-electron chi connectivity index (χ1n) is 8.56. The highest BCUT2D eigenvalue weighted by Gasteiger charge is 2.29. The van der Waals surface area contributed by atoms with Crippen LogP contribution in [0.4, 0.5) is 4.39 Å². The van der Waals surface area contributed by atoms with Gasteiger partial charge >= 0.3 is 0 Å². The molecule has 0 bridgehead atoms. The fourth-order valence-electron chi connectivity index (χ4n) is 3.32. The van der Waals surface area contributed by atoms with Crippen molar-refractivity contribution in [3.63, 3.8) is 0 Å². The molecule has 0 atom stereocenters. The highest BCUT2D eigenvalue weighted by atomic mass is 32.2. The second kappa shape index (κ2) is 6.96. The number of hydrogen-bond acceptors (Lipinski definition) is 3. The summed E-state index contributed by atoms with van der Waals surface area (Å²) >= 11 is 0. The number of fused-ring (bicyclic) bond motifs is 1. The van der Waals surface area contributed by atoms with Crippen LogP contribution < -0.4 is 0 Å². The van der Waals surface area contributed by atoms with Crippen molar-refractivity contribution in [2.75, 3.05) is 31.9 Å². The third-order valence-corrected chi connectivity index (χ3v) is 6.85. The topological polar surface area (TPSA) is 57.7 Å². The lowest BCUT2D eigenvalue weighted by Gasteiger charge is -2.34. The first kappa shape index (κ1) is 18.8. The van der Waals surface area contributed by atoms with Crippen molar-refractivity contribution >= 4 is 26.7 Å². The minimum atomic E-state index is -3.25. The average Bonchev–Trinajstić information content (AvgIpc) is 2.63. The first-order chi connectivity index (χ1) is 12.2. The number of amides is 1. The molecule has 1 saturated heterocycles. The van der Waals surface area contributed by atoms with Crippen molar-refractivity contribution in [3.05, 3.63) is 53.7 Å². The highest BCUT2D eigenvalue weighted by molar-refractivity contribution is 7.89. The molecule has 1 amide bonds. The summed E-state index contributed by atoms with van der Waals surface area (Å²) in [7, 11) is -3.25. The van der Waals surface area contributed by atoms with Gasteiger partial charge in [-0.2, -0.15) is 4.31 Å². The minimum Gasteiger partial charge on any atom is -0.336 e. The zero-order chi connectivity index (χ0) is 19.1. The van der Waals surface area contributed by atoms with Crippen LogP contribution in [-0.4, -0.2) is 55.5 Å². The van der Waals surface area contributed by atoms with E-state index in [2.05, 4.69) is 6.92 Å². The molecule has 0 aliphatic carbocycles. The Morgan fingerprint density at radius 1 is 1.19 bits per heavy atom. The Balaban J connectivity index is 1.94. The van der Waals surface area contributed by atoms with Crippen molar-refractivity contribution in [2.45, 2.75) is 13.8 Å². The van der Waals surface area contributed by atoms with Gasteiger partial charge in [0, 0.05) is 26.2 Å². The fraction of sp³-hybridized carbons (Fsp3) is 0.368. The Kier molecular flexibility index (Phi) is 5.03. The zero-order valence-electron chi connectivity index (χ0n) is 15.0. The quantitative estimate of drug-likeness (QED) is 0.826. The molecule has 1 heterocycles. The smallest absolute Gasteiger partial charge is 0.254 e. The highest BCUT2D eigenvalue weighted by Crippen LogP contribution is 2.28. The molecule has 1 fully saturated rings. The van der Waals surface area contributed by atoms with Gasteiger partial charge in [0.2, 0.25) is 10.0 Å². The maximum absolute atomic E-state index is 13.8. The number of piperazine rings is 1. The summed E-state index contributed by atoms with van der Waals surface area (Å²) in [5.74, 6) is -0.563. The normalized spacial score (nSPS) is 16.2. The van der Waals surface area contributed by atoms with Gasteiger partial charge in [-0.1, -0.05) is 12.1 Å². The monoisotopic (exact) mass is 377 g/mol. The summed E-state index contributed by atoms with van der Waals surface area (Å²) in [5, 5.41) is 1.32. The van der Waals surface area contributed by atoms with Crippen molar-refractivity contribution in [3.8, 4) is 0 Å². The predicted molar refractivity (Wildman–Crippen MR) is 100 cm³/mol. The van der Waals surface area contributed by atoms with E-state index in [9.17, 15) is 17.6 Å². The van der Waals surface area contributed by atoms with E-state index in [1.807, 2.05) is 6.07 Å². The number of carbonyl (C=O) groups excluding carboxylic acids is 1. The summed E-state index contributed by atoms with van der Waals surface area (Å²) in [6.45, 7) is 8.58. The maximum Gasteiger partial charge on any atom is 0.254 e. The van der Waals surface area contributed by atoms with Crippen molar-refractivity contribution < 1.29 is 17.6 Å². The number of halogens is 1. The van der Waals surface area contributed by atoms with Gasteiger partial charge in [-0.05, 0) is 54.8 Å². The summed E-state index contributed by atoms with van der Waals surface area (Å²) < 4.78 is 39.1. The van der Waals surface area contributed by atoms with Gasteiger partial charge in [-0.15, -0.1) is 0 Å². The van der Waals surface area contributed by atoms with E-state index < -0.39 is 15.8 Å². The molecule has 2 aromatic rings. The van der Waals surface area contributed by atoms with Gasteiger partial charge in [0.25, 0.3) is 5.91 Å². The third kappa shape index (κ3) is 3.33. The predicted octanol–water partition coefficient (Wildman–Crippen LogP) is 2.58. The fourth-order valence-corrected chi connectivity index (χ4v) is 4.40. The average molecular weight is 377 g/mol. The lowest BCUT2D eigenvalue weighted by atomic mass is 9.94. The molecule has 0 aromatic heterocycles. The first-order valence-corrected chi connectivity index (χ1v) is 10.2. The second-order valence-electron chi connectivity index (χ2n) is 6.49. The molecule has 0 saturated carbocycles. The lowest BCUT2D eigenvalue weighted by molar-refractivity contribution is 0.0699. The molecule has 26 heavy (non-hydrogen) atoms. The zero-order valence-corrected chi connectivity index (χ0v) is 15.8. The van der Waals surface area contributed by atoms with Crippen LogP contribution in [0.1, 0.15) is 28.4 Å². The number of benzene rings is 2. The molecule has 1 radical (unpaired) electrons. The van der Waals surface area contributed by atoms with E-state index in [-0.39, 0.29) is 24.7 Å². The molecule has 1 aliphatic heterocycles. The second-order valence-corrected chi connectivity index (χ2v) is 8.75. The molecule has 2 aromatic carbocycles. The van der Waals surface area contributed by atoms with Crippen molar-refractivity contribution in [1.29, 1.82) is 0 Å². The van der Waals surface area contributed by atoms with Crippen LogP contribution in [0.15, 0.2) is 24.3 Å². The van der Waals surface area contributed by atoms with E-state index in [1.165, 1.54) is 16.4 Å². The summed E-state index contributed by atoms with van der Waals surface area (Å²) in [6.07, 6.45) is 0. The molecule has 3 rings (SSSR count). The molecular weight excluding hydrogens is 355 g/mol. The standard InChI is InChI=1S/C19H22FN2O3S/c1-4-26(24,25)22-9-7-21(8-10-22)19(23)18-14(3)13(2)11-15-5-6-16(20)12-17(15)18/h5-6,11-12H,2,4,7-10H2,1,3H3. The number of carbonyl (C=O) groups is 1. The molecular formula is C19H22FN2O3S. The minimum absolute atomic E-state index is 0.0491. The van der Waals surface area contributed by atoms with E-state index >= 15 is 0 Å². The van der Waals surface area contributed by atoms with Crippen LogP contribution in [0.2, 0.25) is 0 Å². The summed E-state index contributed by atoms with van der Waals surface area (Å²) in [6, 6.07) is 6.21.